The van der Waals surface area contributed by atoms with E-state index in [0.717, 1.165) is 11.1 Å². The second-order valence-corrected chi connectivity index (χ2v) is 4.87. The maximum atomic E-state index is 10.2. The summed E-state index contributed by atoms with van der Waals surface area (Å²) in [6.07, 6.45) is 3.90. The maximum Gasteiger partial charge on any atom is 0.173 e. The summed E-state index contributed by atoms with van der Waals surface area (Å²) in [5.41, 5.74) is 0.696. The van der Waals surface area contributed by atoms with Crippen LogP contribution in [0.1, 0.15) is 31.4 Å². The highest BCUT2D eigenvalue weighted by molar-refractivity contribution is 5.47. The van der Waals surface area contributed by atoms with Gasteiger partial charge in [0.15, 0.2) is 5.60 Å². The highest BCUT2D eigenvalue weighted by atomic mass is 17.2. The Morgan fingerprint density at radius 2 is 1.88 bits per heavy atom. The SMILES string of the molecule is CC[C@H](O)[C@@]12C=C[C@@](C)(OO1)c1ccccc12. The van der Waals surface area contributed by atoms with Gasteiger partial charge < -0.3 is 5.11 Å². The number of hydrogen-bond acceptors (Lipinski definition) is 3. The van der Waals surface area contributed by atoms with Gasteiger partial charge in [-0.3, -0.25) is 0 Å². The molecule has 2 bridgehead atoms. The monoisotopic (exact) mass is 232 g/mol. The molecule has 1 aliphatic carbocycles. The standard InChI is InChI=1S/C14H16O3/c1-3-12(15)14-9-8-13(2,16-17-14)10-6-4-5-7-11(10)14/h4-9,12,15H,3H2,1-2H3/t12-,13+,14-/m0/s1. The minimum Gasteiger partial charge on any atom is -0.389 e. The van der Waals surface area contributed by atoms with Crippen molar-refractivity contribution >= 4 is 0 Å². The molecule has 3 heteroatoms. The van der Waals surface area contributed by atoms with Gasteiger partial charge in [0.05, 0.1) is 6.10 Å². The van der Waals surface area contributed by atoms with Crippen molar-refractivity contribution in [2.45, 2.75) is 37.6 Å². The Morgan fingerprint density at radius 1 is 1.18 bits per heavy atom. The van der Waals surface area contributed by atoms with E-state index < -0.39 is 17.3 Å². The van der Waals surface area contributed by atoms with Gasteiger partial charge in [0.25, 0.3) is 0 Å². The lowest BCUT2D eigenvalue weighted by atomic mass is 9.73. The van der Waals surface area contributed by atoms with Crippen LogP contribution in [0.3, 0.4) is 0 Å². The van der Waals surface area contributed by atoms with Crippen molar-refractivity contribution in [2.24, 2.45) is 0 Å². The molecule has 1 aromatic rings. The number of aliphatic hydroxyl groups excluding tert-OH is 1. The molecule has 17 heavy (non-hydrogen) atoms. The molecule has 0 fully saturated rings. The average Bonchev–Trinajstić information content (AvgIpc) is 2.39. The van der Waals surface area contributed by atoms with Crippen molar-refractivity contribution in [2.75, 3.05) is 0 Å². The fraction of sp³-hybridized carbons (Fsp3) is 0.429. The molecule has 0 spiro atoms. The Hall–Kier alpha value is -1.16. The predicted octanol–water partition coefficient (Wildman–Crippen LogP) is 2.40. The van der Waals surface area contributed by atoms with E-state index in [1.54, 1.807) is 0 Å². The van der Waals surface area contributed by atoms with Crippen molar-refractivity contribution < 1.29 is 14.9 Å². The molecule has 0 saturated heterocycles. The third-order valence-electron chi connectivity index (χ3n) is 3.77. The van der Waals surface area contributed by atoms with Crippen LogP contribution in [-0.2, 0) is 21.0 Å². The summed E-state index contributed by atoms with van der Waals surface area (Å²) < 4.78 is 0. The summed E-state index contributed by atoms with van der Waals surface area (Å²) >= 11 is 0. The van der Waals surface area contributed by atoms with Crippen LogP contribution in [0.15, 0.2) is 36.4 Å². The third-order valence-corrected chi connectivity index (χ3v) is 3.77. The molecule has 0 unspecified atom stereocenters. The summed E-state index contributed by atoms with van der Waals surface area (Å²) in [4.78, 5) is 11.0. The van der Waals surface area contributed by atoms with E-state index in [1.165, 1.54) is 0 Å². The van der Waals surface area contributed by atoms with E-state index in [-0.39, 0.29) is 0 Å². The van der Waals surface area contributed by atoms with Gasteiger partial charge in [0.2, 0.25) is 0 Å². The number of rotatable bonds is 2. The van der Waals surface area contributed by atoms with E-state index in [1.807, 2.05) is 50.3 Å². The summed E-state index contributed by atoms with van der Waals surface area (Å²) in [7, 11) is 0. The second kappa shape index (κ2) is 3.42. The molecular formula is C14H16O3. The van der Waals surface area contributed by atoms with E-state index in [2.05, 4.69) is 0 Å². The van der Waals surface area contributed by atoms with Crippen molar-refractivity contribution in [1.29, 1.82) is 0 Å². The molecule has 0 amide bonds. The zero-order valence-electron chi connectivity index (χ0n) is 10.0. The van der Waals surface area contributed by atoms with E-state index in [0.29, 0.717) is 6.42 Å². The lowest BCUT2D eigenvalue weighted by molar-refractivity contribution is -0.431. The van der Waals surface area contributed by atoms with Crippen molar-refractivity contribution in [3.8, 4) is 0 Å². The minimum atomic E-state index is -0.844. The Morgan fingerprint density at radius 3 is 2.47 bits per heavy atom. The Labute approximate surface area is 101 Å². The largest absolute Gasteiger partial charge is 0.389 e. The number of benzene rings is 1. The molecule has 3 atom stereocenters. The van der Waals surface area contributed by atoms with E-state index in [4.69, 9.17) is 9.78 Å². The molecular weight excluding hydrogens is 216 g/mol. The zero-order valence-corrected chi connectivity index (χ0v) is 10.0. The van der Waals surface area contributed by atoms with Crippen LogP contribution in [0.4, 0.5) is 0 Å². The lowest BCUT2D eigenvalue weighted by Crippen LogP contribution is -2.51. The Kier molecular flexibility index (Phi) is 2.20. The van der Waals surface area contributed by atoms with Crippen LogP contribution in [-0.4, -0.2) is 11.2 Å². The van der Waals surface area contributed by atoms with Crippen LogP contribution < -0.4 is 0 Å². The van der Waals surface area contributed by atoms with Gasteiger partial charge >= 0.3 is 0 Å². The average molecular weight is 232 g/mol. The summed E-state index contributed by atoms with van der Waals surface area (Å²) in [6.45, 7) is 3.89. The predicted molar refractivity (Wildman–Crippen MR) is 63.1 cm³/mol. The Bertz CT molecular complexity index is 482. The van der Waals surface area contributed by atoms with Crippen molar-refractivity contribution in [3.63, 3.8) is 0 Å². The molecule has 2 aliphatic heterocycles. The molecule has 1 N–H and O–H groups in total. The van der Waals surface area contributed by atoms with E-state index >= 15 is 0 Å². The molecule has 2 heterocycles. The molecule has 90 valence electrons. The van der Waals surface area contributed by atoms with Crippen LogP contribution in [0.5, 0.6) is 0 Å². The maximum absolute atomic E-state index is 10.2. The van der Waals surface area contributed by atoms with Gasteiger partial charge in [-0.2, -0.15) is 0 Å². The molecule has 3 nitrogen and oxygen atoms in total. The third kappa shape index (κ3) is 1.27. The summed E-state index contributed by atoms with van der Waals surface area (Å²) in [5.74, 6) is 0. The molecule has 1 aromatic carbocycles. The summed E-state index contributed by atoms with van der Waals surface area (Å²) in [5, 5.41) is 10.2. The molecule has 0 saturated carbocycles. The van der Waals surface area contributed by atoms with Gasteiger partial charge in [-0.25, -0.2) is 9.78 Å². The zero-order chi connectivity index (χ0) is 12.1. The first-order valence-electron chi connectivity index (χ1n) is 5.98. The second-order valence-electron chi connectivity index (χ2n) is 4.87. The highest BCUT2D eigenvalue weighted by Gasteiger charge is 2.52. The molecule has 3 aliphatic rings. The van der Waals surface area contributed by atoms with Crippen LogP contribution in [0.2, 0.25) is 0 Å². The van der Waals surface area contributed by atoms with Gasteiger partial charge in [-0.05, 0) is 31.1 Å². The van der Waals surface area contributed by atoms with Crippen LogP contribution in [0.25, 0.3) is 0 Å². The van der Waals surface area contributed by atoms with Gasteiger partial charge in [0.1, 0.15) is 5.60 Å². The first-order chi connectivity index (χ1) is 8.12. The van der Waals surface area contributed by atoms with Crippen molar-refractivity contribution in [3.05, 3.63) is 47.5 Å². The molecule has 0 radical (unpaired) electrons. The van der Waals surface area contributed by atoms with Gasteiger partial charge in [-0.1, -0.05) is 31.2 Å². The molecule has 4 rings (SSSR count). The van der Waals surface area contributed by atoms with E-state index in [9.17, 15) is 5.11 Å². The normalized spacial score (nSPS) is 35.7. The highest BCUT2D eigenvalue weighted by Crippen LogP contribution is 2.50. The van der Waals surface area contributed by atoms with Gasteiger partial charge in [-0.15, -0.1) is 0 Å². The van der Waals surface area contributed by atoms with Crippen LogP contribution in [0, 0.1) is 0 Å². The van der Waals surface area contributed by atoms with Crippen molar-refractivity contribution in [1.82, 2.24) is 0 Å². The topological polar surface area (TPSA) is 38.7 Å². The number of aliphatic hydroxyl groups is 1. The lowest BCUT2D eigenvalue weighted by Gasteiger charge is -2.48. The first-order valence-corrected chi connectivity index (χ1v) is 5.98. The number of fused-ring (bicyclic) bond motifs is 1. The quantitative estimate of drug-likeness (QED) is 0.628. The summed E-state index contributed by atoms with van der Waals surface area (Å²) in [6, 6.07) is 7.97. The fourth-order valence-electron chi connectivity index (χ4n) is 2.67. The fourth-order valence-corrected chi connectivity index (χ4v) is 2.67. The Balaban J connectivity index is 2.23. The minimum absolute atomic E-state index is 0.536. The smallest absolute Gasteiger partial charge is 0.173 e. The molecule has 0 aromatic heterocycles. The van der Waals surface area contributed by atoms with Gasteiger partial charge in [0, 0.05) is 5.56 Å². The number of hydrogen-bond donors (Lipinski definition) is 1. The first kappa shape index (κ1) is 11.0. The van der Waals surface area contributed by atoms with Crippen LogP contribution >= 0.6 is 0 Å².